The highest BCUT2D eigenvalue weighted by Crippen LogP contribution is 2.09. The van der Waals surface area contributed by atoms with Crippen molar-refractivity contribution in [3.05, 3.63) is 0 Å². The minimum Gasteiger partial charge on any atom is -0.397 e. The first-order valence-corrected chi connectivity index (χ1v) is 11.6. The van der Waals surface area contributed by atoms with Gasteiger partial charge in [-0.1, -0.05) is 81.0 Å². The first-order chi connectivity index (χ1) is 12.7. The van der Waals surface area contributed by atoms with E-state index < -0.39 is 0 Å². The number of thioether (sulfide) groups is 1. The van der Waals surface area contributed by atoms with Gasteiger partial charge in [0.25, 0.3) is 0 Å². The fourth-order valence-electron chi connectivity index (χ4n) is 1.24. The highest BCUT2D eigenvalue weighted by Gasteiger charge is 2.06. The third-order valence-electron chi connectivity index (χ3n) is 1.96. The number of hydrogen-bond donors (Lipinski definition) is 2. The highest BCUT2D eigenvalue weighted by atomic mass is 32.2. The van der Waals surface area contributed by atoms with Crippen LogP contribution in [0.25, 0.3) is 0 Å². The molecule has 0 bridgehead atoms. The lowest BCUT2D eigenvalue weighted by atomic mass is 10.3. The smallest absolute Gasteiger partial charge is 0.191 e. The zero-order valence-corrected chi connectivity index (χ0v) is 21.9. The normalized spacial score (nSPS) is 9.19. The Kier molecular flexibility index (Phi) is 52.2. The number of aliphatic hydroxyl groups excluding tert-OH is 1. The first kappa shape index (κ1) is 38.0. The van der Waals surface area contributed by atoms with Gasteiger partial charge in [0.15, 0.2) is 5.12 Å². The summed E-state index contributed by atoms with van der Waals surface area (Å²) in [6.45, 7) is 24.1. The highest BCUT2D eigenvalue weighted by molar-refractivity contribution is 8.13. The lowest BCUT2D eigenvalue weighted by Gasteiger charge is -2.10. The van der Waals surface area contributed by atoms with Gasteiger partial charge in [0.05, 0.1) is 19.8 Å². The van der Waals surface area contributed by atoms with Crippen molar-refractivity contribution in [2.45, 2.75) is 88.2 Å². The van der Waals surface area contributed by atoms with Crippen molar-refractivity contribution in [1.29, 1.82) is 0 Å². The number of rotatable bonds is 9. The predicted octanol–water partition coefficient (Wildman–Crippen LogP) is 5.17. The lowest BCUT2D eigenvalue weighted by Crippen LogP contribution is -2.29. The topological polar surface area (TPSA) is 67.8 Å². The zero-order valence-electron chi connectivity index (χ0n) is 19.9. The predicted molar refractivity (Wildman–Crippen MR) is 128 cm³/mol. The molecule has 27 heavy (non-hydrogen) atoms. The molecule has 1 atom stereocenters. The van der Waals surface area contributed by atoms with Gasteiger partial charge < -0.3 is 19.7 Å². The van der Waals surface area contributed by atoms with Crippen LogP contribution in [0.15, 0.2) is 0 Å². The Morgan fingerprint density at radius 1 is 0.963 bits per heavy atom. The van der Waals surface area contributed by atoms with Crippen LogP contribution in [0.1, 0.15) is 76.2 Å². The van der Waals surface area contributed by atoms with E-state index in [0.29, 0.717) is 31.9 Å². The number of ether oxygens (including phenoxy) is 1. The van der Waals surface area contributed by atoms with Crippen LogP contribution in [0.4, 0.5) is 0 Å². The molecule has 170 valence electrons. The summed E-state index contributed by atoms with van der Waals surface area (Å²) >= 11 is 1.33. The van der Waals surface area contributed by atoms with Gasteiger partial charge in [-0.2, -0.15) is 0 Å². The third-order valence-corrected chi connectivity index (χ3v) is 3.32. The number of hydrogen-bond acceptors (Lipinski definition) is 6. The van der Waals surface area contributed by atoms with Crippen LogP contribution in [0.5, 0.6) is 0 Å². The van der Waals surface area contributed by atoms with E-state index >= 15 is 0 Å². The maximum atomic E-state index is 11.1. The van der Waals surface area contributed by atoms with Crippen molar-refractivity contribution in [1.82, 2.24) is 5.32 Å². The minimum absolute atomic E-state index is 0.111. The van der Waals surface area contributed by atoms with Crippen LogP contribution >= 0.6 is 21.2 Å². The second-order valence-corrected chi connectivity index (χ2v) is 7.03. The Morgan fingerprint density at radius 3 is 1.63 bits per heavy atom. The molecule has 0 aliphatic rings. The van der Waals surface area contributed by atoms with Crippen LogP contribution in [0.2, 0.25) is 0 Å². The SMILES string of the molecule is CC.CC.CC(C)C(=O)SCCOCCOP.CC(C)NC(C)C.CCO. The van der Waals surface area contributed by atoms with Crippen molar-refractivity contribution in [3.63, 3.8) is 0 Å². The molecule has 0 radical (unpaired) electrons. The molecule has 7 heteroatoms. The van der Waals surface area contributed by atoms with E-state index in [2.05, 4.69) is 42.5 Å². The minimum atomic E-state index is 0.111. The molecule has 0 aromatic heterocycles. The summed E-state index contributed by atoms with van der Waals surface area (Å²) in [7, 11) is 2.16. The number of carbonyl (C=O) groups excluding carboxylic acids is 1. The number of nitrogens with one attached hydrogen (secondary N) is 1. The summed E-state index contributed by atoms with van der Waals surface area (Å²) < 4.78 is 9.92. The quantitative estimate of drug-likeness (QED) is 0.388. The van der Waals surface area contributed by atoms with Gasteiger partial charge in [-0.05, 0) is 6.92 Å². The van der Waals surface area contributed by atoms with E-state index in [1.54, 1.807) is 6.92 Å². The summed E-state index contributed by atoms with van der Waals surface area (Å²) in [5.41, 5.74) is 0. The Morgan fingerprint density at radius 2 is 1.37 bits per heavy atom. The zero-order chi connectivity index (χ0) is 22.7. The van der Waals surface area contributed by atoms with Gasteiger partial charge in [0.2, 0.25) is 0 Å². The maximum absolute atomic E-state index is 11.1. The monoisotopic (exact) mass is 431 g/mol. The van der Waals surface area contributed by atoms with Crippen LogP contribution in [-0.4, -0.2) is 54.5 Å². The molecule has 0 rings (SSSR count). The summed E-state index contributed by atoms with van der Waals surface area (Å²) in [6.07, 6.45) is 0. The maximum Gasteiger partial charge on any atom is 0.191 e. The molecule has 0 saturated heterocycles. The molecule has 0 aliphatic carbocycles. The number of aliphatic hydroxyl groups is 1. The fraction of sp³-hybridized carbons (Fsp3) is 0.950. The van der Waals surface area contributed by atoms with Gasteiger partial charge >= 0.3 is 0 Å². The molecule has 0 aliphatic heterocycles. The largest absolute Gasteiger partial charge is 0.397 e. The van der Waals surface area contributed by atoms with Crippen molar-refractivity contribution in [3.8, 4) is 0 Å². The van der Waals surface area contributed by atoms with Gasteiger partial charge in [-0.25, -0.2) is 0 Å². The van der Waals surface area contributed by atoms with Crippen LogP contribution < -0.4 is 5.32 Å². The molecule has 0 heterocycles. The molecule has 0 spiro atoms. The van der Waals surface area contributed by atoms with Crippen LogP contribution in [-0.2, 0) is 14.1 Å². The molecule has 0 aromatic rings. The second-order valence-electron chi connectivity index (χ2n) is 5.60. The summed E-state index contributed by atoms with van der Waals surface area (Å²) in [5, 5.41) is 11.1. The van der Waals surface area contributed by atoms with E-state index in [4.69, 9.17) is 14.4 Å². The van der Waals surface area contributed by atoms with Crippen molar-refractivity contribution < 1.29 is 19.2 Å². The summed E-state index contributed by atoms with van der Waals surface area (Å²) in [4.78, 5) is 11.1. The Bertz CT molecular complexity index is 238. The molecule has 2 N–H and O–H groups in total. The van der Waals surface area contributed by atoms with Crippen molar-refractivity contribution in [2.24, 2.45) is 5.92 Å². The van der Waals surface area contributed by atoms with Gasteiger partial charge in [-0.3, -0.25) is 4.79 Å². The van der Waals surface area contributed by atoms with Crippen LogP contribution in [0, 0.1) is 5.92 Å². The van der Waals surface area contributed by atoms with Gasteiger partial charge in [-0.15, -0.1) is 0 Å². The van der Waals surface area contributed by atoms with Crippen molar-refractivity contribution >= 4 is 26.3 Å². The third kappa shape index (κ3) is 58.5. The molecule has 0 amide bonds. The molecule has 5 nitrogen and oxygen atoms in total. The lowest BCUT2D eigenvalue weighted by molar-refractivity contribution is -0.113. The number of carbonyl (C=O) groups is 1. The Balaban J connectivity index is -0.0000000968. The first-order valence-electron chi connectivity index (χ1n) is 10.2. The van der Waals surface area contributed by atoms with E-state index in [-0.39, 0.29) is 17.6 Å². The van der Waals surface area contributed by atoms with Gasteiger partial charge in [0, 0.05) is 39.8 Å². The van der Waals surface area contributed by atoms with E-state index in [9.17, 15) is 4.79 Å². The fourth-order valence-corrected chi connectivity index (χ4v) is 2.08. The summed E-state index contributed by atoms with van der Waals surface area (Å²) in [5.74, 6) is 0.841. The van der Waals surface area contributed by atoms with Gasteiger partial charge in [0.1, 0.15) is 0 Å². The Labute approximate surface area is 177 Å². The average Bonchev–Trinajstić information content (AvgIpc) is 2.61. The average molecular weight is 432 g/mol. The Hall–Kier alpha value is 0.290. The molecular formula is C20H50NO4PS. The molecule has 0 fully saturated rings. The van der Waals surface area contributed by atoms with Crippen molar-refractivity contribution in [2.75, 3.05) is 32.2 Å². The standard InChI is InChI=1S/C8H17O3PS.C6H15N.C2H6O.2C2H6/c1-7(2)8(9)13-6-5-10-3-4-11-12;1-5(2)7-6(3)4;1-2-3;2*1-2/h7H,3-6,12H2,1-2H3;5-7H,1-4H3;3H,2H2,1H3;2*1-2H3. The van der Waals surface area contributed by atoms with E-state index in [0.717, 1.165) is 5.75 Å². The molecule has 1 unspecified atom stereocenters. The summed E-state index contributed by atoms with van der Waals surface area (Å²) in [6, 6.07) is 1.25. The van der Waals surface area contributed by atoms with E-state index in [1.807, 2.05) is 41.5 Å². The molecule has 0 saturated carbocycles. The van der Waals surface area contributed by atoms with E-state index in [1.165, 1.54) is 11.8 Å². The molecule has 0 aromatic carbocycles. The van der Waals surface area contributed by atoms with Crippen LogP contribution in [0.3, 0.4) is 0 Å². The molecular weight excluding hydrogens is 381 g/mol. The second kappa shape index (κ2) is 37.1.